The fourth-order valence-electron chi connectivity index (χ4n) is 3.51. The number of pyridine rings is 1. The Hall–Kier alpha value is -3.48. The van der Waals surface area contributed by atoms with E-state index in [9.17, 15) is 8.42 Å². The zero-order valence-electron chi connectivity index (χ0n) is 18.7. The first-order valence-corrected chi connectivity index (χ1v) is 12.1. The van der Waals surface area contributed by atoms with Crippen LogP contribution in [0.3, 0.4) is 0 Å². The Bertz CT molecular complexity index is 1320. The zero-order valence-corrected chi connectivity index (χ0v) is 19.6. The summed E-state index contributed by atoms with van der Waals surface area (Å²) in [5.41, 5.74) is 3.03. The molecule has 8 nitrogen and oxygen atoms in total. The molecule has 0 aliphatic carbocycles. The highest BCUT2D eigenvalue weighted by atomic mass is 32.2. The van der Waals surface area contributed by atoms with Crippen LogP contribution in [0.5, 0.6) is 0 Å². The quantitative estimate of drug-likeness (QED) is 0.594. The minimum atomic E-state index is -3.73. The van der Waals surface area contributed by atoms with Crippen LogP contribution >= 0.6 is 0 Å². The van der Waals surface area contributed by atoms with E-state index in [0.29, 0.717) is 30.2 Å². The summed E-state index contributed by atoms with van der Waals surface area (Å²) in [4.78, 5) is 15.5. The molecule has 1 saturated heterocycles. The van der Waals surface area contributed by atoms with E-state index in [-0.39, 0.29) is 10.9 Å². The second kappa shape index (κ2) is 9.57. The third kappa shape index (κ3) is 5.13. The van der Waals surface area contributed by atoms with E-state index in [1.54, 1.807) is 55.8 Å². The van der Waals surface area contributed by atoms with Crippen LogP contribution in [0.1, 0.15) is 29.4 Å². The molecule has 9 heteroatoms. The lowest BCUT2D eigenvalue weighted by atomic mass is 10.1. The Morgan fingerprint density at radius 3 is 2.64 bits per heavy atom. The van der Waals surface area contributed by atoms with Crippen LogP contribution in [0.2, 0.25) is 0 Å². The molecule has 0 bridgehead atoms. The Kier molecular flexibility index (Phi) is 6.58. The number of aromatic nitrogens is 3. The summed E-state index contributed by atoms with van der Waals surface area (Å²) < 4.78 is 33.6. The lowest BCUT2D eigenvalue weighted by Crippen LogP contribution is -2.44. The van der Waals surface area contributed by atoms with Crippen molar-refractivity contribution in [3.05, 3.63) is 71.4 Å². The second-order valence-electron chi connectivity index (χ2n) is 7.80. The molecule has 4 rings (SSSR count). The average molecular weight is 464 g/mol. The number of sulfonamides is 1. The van der Waals surface area contributed by atoms with Gasteiger partial charge in [0.15, 0.2) is 0 Å². The maximum atomic E-state index is 12.7. The van der Waals surface area contributed by atoms with Gasteiger partial charge in [0, 0.05) is 18.3 Å². The first kappa shape index (κ1) is 22.7. The lowest BCUT2D eigenvalue weighted by Gasteiger charge is -2.34. The Labute approximate surface area is 194 Å². The maximum absolute atomic E-state index is 12.7. The van der Waals surface area contributed by atoms with Gasteiger partial charge in [0.2, 0.25) is 0 Å². The van der Waals surface area contributed by atoms with E-state index in [1.807, 2.05) is 6.92 Å². The van der Waals surface area contributed by atoms with Crippen molar-refractivity contribution >= 4 is 21.5 Å². The number of nitrogens with one attached hydrogen (secondary N) is 1. The highest BCUT2D eigenvalue weighted by Gasteiger charge is 2.23. The van der Waals surface area contributed by atoms with E-state index in [4.69, 9.17) is 4.74 Å². The number of rotatable bonds is 4. The van der Waals surface area contributed by atoms with Crippen LogP contribution < -0.4 is 9.62 Å². The fraction of sp³-hybridized carbons (Fsp3) is 0.292. The van der Waals surface area contributed by atoms with Crippen LogP contribution in [0.25, 0.3) is 0 Å². The molecule has 0 saturated carbocycles. The summed E-state index contributed by atoms with van der Waals surface area (Å²) in [6.45, 7) is 7.71. The number of benzene rings is 1. The predicted octanol–water partition coefficient (Wildman–Crippen LogP) is 2.91. The molecule has 1 unspecified atom stereocenters. The Morgan fingerprint density at radius 1 is 1.09 bits per heavy atom. The van der Waals surface area contributed by atoms with Crippen molar-refractivity contribution in [3.63, 3.8) is 0 Å². The van der Waals surface area contributed by atoms with Crippen molar-refractivity contribution in [1.29, 1.82) is 0 Å². The molecule has 1 N–H and O–H groups in total. The summed E-state index contributed by atoms with van der Waals surface area (Å²) in [5, 5.41) is 0. The van der Waals surface area contributed by atoms with Crippen LogP contribution in [0, 0.1) is 25.7 Å². The molecule has 1 aromatic carbocycles. The number of ether oxygens (including phenoxy) is 1. The van der Waals surface area contributed by atoms with Crippen molar-refractivity contribution in [3.8, 4) is 11.8 Å². The second-order valence-corrected chi connectivity index (χ2v) is 9.48. The van der Waals surface area contributed by atoms with Crippen LogP contribution in [0.4, 0.5) is 11.5 Å². The van der Waals surface area contributed by atoms with E-state index >= 15 is 0 Å². The van der Waals surface area contributed by atoms with E-state index in [0.717, 1.165) is 23.6 Å². The van der Waals surface area contributed by atoms with Gasteiger partial charge in [-0.15, -0.1) is 0 Å². The van der Waals surface area contributed by atoms with Crippen molar-refractivity contribution < 1.29 is 13.2 Å². The van der Waals surface area contributed by atoms with Crippen molar-refractivity contribution in [2.24, 2.45) is 0 Å². The third-order valence-corrected chi connectivity index (χ3v) is 6.75. The van der Waals surface area contributed by atoms with Gasteiger partial charge in [-0.25, -0.2) is 18.4 Å². The maximum Gasteiger partial charge on any atom is 0.261 e. The molecule has 33 heavy (non-hydrogen) atoms. The van der Waals surface area contributed by atoms with Crippen LogP contribution in [-0.2, 0) is 14.8 Å². The molecule has 3 aromatic rings. The van der Waals surface area contributed by atoms with E-state index in [2.05, 4.69) is 43.3 Å². The smallest absolute Gasteiger partial charge is 0.261 e. The van der Waals surface area contributed by atoms with Gasteiger partial charge in [-0.1, -0.05) is 30.0 Å². The van der Waals surface area contributed by atoms with Crippen LogP contribution in [-0.4, -0.2) is 49.2 Å². The molecule has 0 amide bonds. The highest BCUT2D eigenvalue weighted by molar-refractivity contribution is 7.92. The largest absolute Gasteiger partial charge is 0.377 e. The SMILES string of the molecule is Cc1ncc(C#Cc2c(C)ncnc2N2CCOCC2C)cc1NS(=O)(=O)c1ccccc1. The minimum absolute atomic E-state index is 0.175. The average Bonchev–Trinajstić information content (AvgIpc) is 2.81. The topological polar surface area (TPSA) is 97.3 Å². The minimum Gasteiger partial charge on any atom is -0.377 e. The van der Waals surface area contributed by atoms with Gasteiger partial charge in [-0.3, -0.25) is 9.71 Å². The number of nitrogens with zero attached hydrogens (tertiary/aromatic N) is 4. The van der Waals surface area contributed by atoms with Gasteiger partial charge in [-0.05, 0) is 39.0 Å². The van der Waals surface area contributed by atoms with Crippen molar-refractivity contribution in [1.82, 2.24) is 15.0 Å². The Morgan fingerprint density at radius 2 is 1.88 bits per heavy atom. The van der Waals surface area contributed by atoms with E-state index in [1.165, 1.54) is 0 Å². The summed E-state index contributed by atoms with van der Waals surface area (Å²) in [6.07, 6.45) is 3.17. The molecule has 0 spiro atoms. The van der Waals surface area contributed by atoms with Gasteiger partial charge in [-0.2, -0.15) is 0 Å². The highest BCUT2D eigenvalue weighted by Crippen LogP contribution is 2.23. The zero-order chi connectivity index (χ0) is 23.4. The number of aryl methyl sites for hydroxylation is 2. The van der Waals surface area contributed by atoms with Gasteiger partial charge in [0.25, 0.3) is 10.0 Å². The monoisotopic (exact) mass is 463 g/mol. The number of anilines is 2. The van der Waals surface area contributed by atoms with Gasteiger partial charge in [0.05, 0.1) is 46.8 Å². The lowest BCUT2D eigenvalue weighted by molar-refractivity contribution is 0.0985. The number of hydrogen-bond acceptors (Lipinski definition) is 7. The van der Waals surface area contributed by atoms with Crippen LogP contribution in [0.15, 0.2) is 53.8 Å². The molecule has 1 aliphatic rings. The summed E-state index contributed by atoms with van der Waals surface area (Å²) in [7, 11) is -3.73. The third-order valence-electron chi connectivity index (χ3n) is 5.37. The molecule has 3 heterocycles. The van der Waals surface area contributed by atoms with Crippen molar-refractivity contribution in [2.75, 3.05) is 29.4 Å². The number of hydrogen-bond donors (Lipinski definition) is 1. The molecular weight excluding hydrogens is 438 g/mol. The predicted molar refractivity (Wildman–Crippen MR) is 127 cm³/mol. The molecular formula is C24H25N5O3S. The number of morpholine rings is 1. The van der Waals surface area contributed by atoms with Crippen molar-refractivity contribution in [2.45, 2.75) is 31.7 Å². The molecule has 0 radical (unpaired) electrons. The Balaban J connectivity index is 1.66. The molecule has 170 valence electrons. The van der Waals surface area contributed by atoms with Gasteiger partial charge in [0.1, 0.15) is 12.1 Å². The summed E-state index contributed by atoms with van der Waals surface area (Å²) in [6, 6.07) is 10.1. The normalized spacial score (nSPS) is 16.1. The van der Waals surface area contributed by atoms with E-state index < -0.39 is 10.0 Å². The molecule has 2 aromatic heterocycles. The molecule has 1 fully saturated rings. The first-order chi connectivity index (χ1) is 15.8. The van der Waals surface area contributed by atoms with Gasteiger partial charge >= 0.3 is 0 Å². The molecule has 1 aliphatic heterocycles. The first-order valence-electron chi connectivity index (χ1n) is 10.6. The summed E-state index contributed by atoms with van der Waals surface area (Å²) in [5.74, 6) is 7.06. The van der Waals surface area contributed by atoms with Gasteiger partial charge < -0.3 is 9.64 Å². The molecule has 1 atom stereocenters. The fourth-order valence-corrected chi connectivity index (χ4v) is 4.64. The standard InChI is InChI=1S/C24H25N5O3S/c1-17-15-32-12-11-29(17)24-22(18(2)26-16-27-24)10-9-20-13-23(19(3)25-14-20)28-33(30,31)21-7-5-4-6-8-21/h4-8,13-14,16-17,28H,11-12,15H2,1-3H3. The summed E-state index contributed by atoms with van der Waals surface area (Å²) >= 11 is 0.